The van der Waals surface area contributed by atoms with Gasteiger partial charge >= 0.3 is 5.97 Å². The molecule has 1 aromatic carbocycles. The summed E-state index contributed by atoms with van der Waals surface area (Å²) in [5, 5.41) is 0. The molecule has 2 nitrogen and oxygen atoms in total. The Morgan fingerprint density at radius 2 is 1.88 bits per heavy atom. The molecule has 1 atom stereocenters. The number of methoxy groups -OCH3 is 1. The quantitative estimate of drug-likeness (QED) is 0.586. The summed E-state index contributed by atoms with van der Waals surface area (Å²) in [5.74, 6) is -0.161. The molecule has 0 radical (unpaired) electrons. The minimum Gasteiger partial charge on any atom is -0.469 e. The fourth-order valence-corrected chi connectivity index (χ4v) is 2.01. The Labute approximate surface area is 103 Å². The maximum Gasteiger partial charge on any atom is 0.312 e. The molecule has 0 N–H and O–H groups in total. The van der Waals surface area contributed by atoms with Crippen LogP contribution in [0.4, 0.5) is 0 Å². The zero-order valence-corrected chi connectivity index (χ0v) is 10.9. The van der Waals surface area contributed by atoms with E-state index >= 15 is 0 Å². The molecule has 0 heterocycles. The molecule has 0 aliphatic heterocycles. The molecule has 0 bridgehead atoms. The van der Waals surface area contributed by atoms with Crippen LogP contribution in [-0.2, 0) is 9.53 Å². The second-order valence-electron chi connectivity index (χ2n) is 4.63. The van der Waals surface area contributed by atoms with Crippen molar-refractivity contribution in [3.8, 4) is 0 Å². The molecule has 1 unspecified atom stereocenters. The fourth-order valence-electron chi connectivity index (χ4n) is 2.01. The van der Waals surface area contributed by atoms with Crippen LogP contribution in [-0.4, -0.2) is 13.1 Å². The third-order valence-electron chi connectivity index (χ3n) is 3.03. The molecule has 17 heavy (non-hydrogen) atoms. The first-order valence-corrected chi connectivity index (χ1v) is 5.80. The van der Waals surface area contributed by atoms with Gasteiger partial charge in [0.15, 0.2) is 0 Å². The van der Waals surface area contributed by atoms with E-state index in [1.165, 1.54) is 7.11 Å². The number of rotatable bonds is 4. The Hall–Kier alpha value is -1.57. The van der Waals surface area contributed by atoms with Crippen LogP contribution in [0, 0.1) is 5.41 Å². The fraction of sp³-hybridized carbons (Fsp3) is 0.400. The number of benzene rings is 1. The Morgan fingerprint density at radius 1 is 1.29 bits per heavy atom. The molecule has 0 aliphatic rings. The highest BCUT2D eigenvalue weighted by Crippen LogP contribution is 2.37. The number of carbonyl (C=O) groups excluding carboxylic acids is 1. The second-order valence-corrected chi connectivity index (χ2v) is 4.63. The summed E-state index contributed by atoms with van der Waals surface area (Å²) in [6.07, 6.45) is 4.02. The van der Waals surface area contributed by atoms with E-state index in [-0.39, 0.29) is 11.9 Å². The molecule has 0 aromatic heterocycles. The smallest absolute Gasteiger partial charge is 0.312 e. The van der Waals surface area contributed by atoms with Crippen molar-refractivity contribution in [3.05, 3.63) is 48.0 Å². The van der Waals surface area contributed by atoms with Gasteiger partial charge in [-0.05, 0) is 26.3 Å². The Bertz CT molecular complexity index is 391. The topological polar surface area (TPSA) is 26.3 Å². The molecule has 0 fully saturated rings. The highest BCUT2D eigenvalue weighted by molar-refractivity contribution is 5.77. The van der Waals surface area contributed by atoms with Gasteiger partial charge in [-0.25, -0.2) is 0 Å². The molecule has 0 saturated carbocycles. The predicted molar refractivity (Wildman–Crippen MR) is 69.8 cm³/mol. The van der Waals surface area contributed by atoms with Crippen molar-refractivity contribution in [2.45, 2.75) is 26.7 Å². The first kappa shape index (κ1) is 13.5. The lowest BCUT2D eigenvalue weighted by atomic mass is 9.74. The van der Waals surface area contributed by atoms with Gasteiger partial charge in [0.05, 0.1) is 12.5 Å². The van der Waals surface area contributed by atoms with Crippen LogP contribution in [0.2, 0.25) is 0 Å². The predicted octanol–water partition coefficient (Wildman–Crippen LogP) is 3.55. The standard InChI is InChI=1S/C15H20O2/c1-5-9-13(12-10-7-6-8-11-12)15(2,3)14(16)17-4/h5-11,13H,1-4H3/b9-5+. The summed E-state index contributed by atoms with van der Waals surface area (Å²) >= 11 is 0. The molecule has 0 spiro atoms. The van der Waals surface area contributed by atoms with Crippen molar-refractivity contribution >= 4 is 5.97 Å². The van der Waals surface area contributed by atoms with Crippen LogP contribution in [0.3, 0.4) is 0 Å². The number of esters is 1. The van der Waals surface area contributed by atoms with Crippen LogP contribution >= 0.6 is 0 Å². The van der Waals surface area contributed by atoms with Crippen molar-refractivity contribution in [2.75, 3.05) is 7.11 Å². The number of ether oxygens (including phenoxy) is 1. The molecule has 0 saturated heterocycles. The summed E-state index contributed by atoms with van der Waals surface area (Å²) in [6, 6.07) is 10.0. The number of hydrogen-bond donors (Lipinski definition) is 0. The zero-order valence-electron chi connectivity index (χ0n) is 10.9. The molecule has 0 amide bonds. The highest BCUT2D eigenvalue weighted by Gasteiger charge is 2.37. The van der Waals surface area contributed by atoms with Crippen molar-refractivity contribution in [1.82, 2.24) is 0 Å². The van der Waals surface area contributed by atoms with E-state index in [0.29, 0.717) is 0 Å². The SMILES string of the molecule is C/C=C/C(c1ccccc1)C(C)(C)C(=O)OC. The van der Waals surface area contributed by atoms with E-state index in [9.17, 15) is 4.79 Å². The van der Waals surface area contributed by atoms with E-state index in [4.69, 9.17) is 4.74 Å². The van der Waals surface area contributed by atoms with Gasteiger partial charge in [0.2, 0.25) is 0 Å². The summed E-state index contributed by atoms with van der Waals surface area (Å²) in [7, 11) is 1.43. The number of carbonyl (C=O) groups is 1. The van der Waals surface area contributed by atoms with Gasteiger partial charge in [-0.3, -0.25) is 4.79 Å². The minimum atomic E-state index is -0.567. The average molecular weight is 232 g/mol. The van der Waals surface area contributed by atoms with Crippen molar-refractivity contribution in [3.63, 3.8) is 0 Å². The number of allylic oxidation sites excluding steroid dienone is 2. The van der Waals surface area contributed by atoms with Crippen LogP contribution < -0.4 is 0 Å². The van der Waals surface area contributed by atoms with E-state index < -0.39 is 5.41 Å². The van der Waals surface area contributed by atoms with E-state index in [1.54, 1.807) is 0 Å². The normalized spacial score (nSPS) is 13.6. The van der Waals surface area contributed by atoms with Gasteiger partial charge in [-0.15, -0.1) is 0 Å². The van der Waals surface area contributed by atoms with Gasteiger partial charge in [0, 0.05) is 5.92 Å². The van der Waals surface area contributed by atoms with E-state index in [2.05, 4.69) is 0 Å². The molecule has 2 heteroatoms. The molecular weight excluding hydrogens is 212 g/mol. The Morgan fingerprint density at radius 3 is 2.35 bits per heavy atom. The third-order valence-corrected chi connectivity index (χ3v) is 3.03. The van der Waals surface area contributed by atoms with Crippen LogP contribution in [0.25, 0.3) is 0 Å². The van der Waals surface area contributed by atoms with Gasteiger partial charge in [-0.2, -0.15) is 0 Å². The van der Waals surface area contributed by atoms with E-state index in [1.807, 2.05) is 63.3 Å². The lowest BCUT2D eigenvalue weighted by Crippen LogP contribution is -2.31. The molecule has 1 aromatic rings. The monoisotopic (exact) mass is 232 g/mol. The van der Waals surface area contributed by atoms with Crippen molar-refractivity contribution in [1.29, 1.82) is 0 Å². The molecular formula is C15H20O2. The zero-order chi connectivity index (χ0) is 12.9. The lowest BCUT2D eigenvalue weighted by molar-refractivity contribution is -0.151. The maximum absolute atomic E-state index is 11.9. The number of hydrogen-bond acceptors (Lipinski definition) is 2. The average Bonchev–Trinajstić information content (AvgIpc) is 2.35. The van der Waals surface area contributed by atoms with Crippen LogP contribution in [0.1, 0.15) is 32.3 Å². The van der Waals surface area contributed by atoms with Crippen LogP contribution in [0.5, 0.6) is 0 Å². The Kier molecular flexibility index (Phi) is 4.50. The minimum absolute atomic E-state index is 0.0288. The molecule has 1 rings (SSSR count). The summed E-state index contributed by atoms with van der Waals surface area (Å²) in [5.41, 5.74) is 0.559. The molecule has 0 aliphatic carbocycles. The third kappa shape index (κ3) is 2.96. The van der Waals surface area contributed by atoms with Gasteiger partial charge in [0.1, 0.15) is 0 Å². The van der Waals surface area contributed by atoms with Crippen molar-refractivity contribution in [2.24, 2.45) is 5.41 Å². The lowest BCUT2D eigenvalue weighted by Gasteiger charge is -2.30. The van der Waals surface area contributed by atoms with Crippen LogP contribution in [0.15, 0.2) is 42.5 Å². The molecule has 92 valence electrons. The maximum atomic E-state index is 11.9. The first-order chi connectivity index (χ1) is 8.04. The Balaban J connectivity index is 3.14. The summed E-state index contributed by atoms with van der Waals surface area (Å²) < 4.78 is 4.89. The van der Waals surface area contributed by atoms with Crippen molar-refractivity contribution < 1.29 is 9.53 Å². The van der Waals surface area contributed by atoms with Gasteiger partial charge in [0.25, 0.3) is 0 Å². The summed E-state index contributed by atoms with van der Waals surface area (Å²) in [4.78, 5) is 11.9. The van der Waals surface area contributed by atoms with E-state index in [0.717, 1.165) is 5.56 Å². The largest absolute Gasteiger partial charge is 0.469 e. The van der Waals surface area contributed by atoms with Gasteiger partial charge in [-0.1, -0.05) is 42.5 Å². The highest BCUT2D eigenvalue weighted by atomic mass is 16.5. The first-order valence-electron chi connectivity index (χ1n) is 5.80. The second kappa shape index (κ2) is 5.67. The van der Waals surface area contributed by atoms with Gasteiger partial charge < -0.3 is 4.74 Å². The summed E-state index contributed by atoms with van der Waals surface area (Å²) in [6.45, 7) is 5.79.